The Kier molecular flexibility index (Phi) is 7.97. The molecule has 3 rings (SSSR count). The predicted octanol–water partition coefficient (Wildman–Crippen LogP) is 5.24. The zero-order chi connectivity index (χ0) is 20.7. The van der Waals surface area contributed by atoms with Crippen molar-refractivity contribution in [2.24, 2.45) is 11.3 Å². The average molecular weight is 387 g/mol. The summed E-state index contributed by atoms with van der Waals surface area (Å²) in [6.45, 7) is 8.58. The van der Waals surface area contributed by atoms with E-state index in [0.717, 1.165) is 42.4 Å². The Hall–Kier alpha value is -1.97. The van der Waals surface area contributed by atoms with Gasteiger partial charge in [-0.1, -0.05) is 45.4 Å². The van der Waals surface area contributed by atoms with E-state index < -0.39 is 5.41 Å². The van der Waals surface area contributed by atoms with Crippen molar-refractivity contribution >= 4 is 18.0 Å². The lowest BCUT2D eigenvalue weighted by atomic mass is 9.79. The zero-order valence-electron chi connectivity index (χ0n) is 17.8. The Balaban J connectivity index is 2.24. The number of benzene rings is 1. The highest BCUT2D eigenvalue weighted by molar-refractivity contribution is 5.98. The normalized spacial score (nSPS) is 24.6. The maximum Gasteiger partial charge on any atom is 0.293 e. The third-order valence-corrected chi connectivity index (χ3v) is 6.12. The number of hydrogen-bond acceptors (Lipinski definition) is 4. The van der Waals surface area contributed by atoms with E-state index in [2.05, 4.69) is 6.92 Å². The van der Waals surface area contributed by atoms with Crippen LogP contribution in [0.15, 0.2) is 18.2 Å². The number of carbonyl (C=O) groups excluding carboxylic acids is 3. The minimum Gasteiger partial charge on any atom is -0.464 e. The molecular formula is C24H34O4. The molecular weight excluding hydrogens is 352 g/mol. The number of ether oxygens (including phenoxy) is 1. The Bertz CT molecular complexity index is 705. The lowest BCUT2D eigenvalue weighted by Gasteiger charge is -2.23. The lowest BCUT2D eigenvalue weighted by Crippen LogP contribution is -2.25. The summed E-state index contributed by atoms with van der Waals surface area (Å²) in [6, 6.07) is 5.85. The van der Waals surface area contributed by atoms with Gasteiger partial charge in [0.15, 0.2) is 5.78 Å². The van der Waals surface area contributed by atoms with Crippen LogP contribution in [0.4, 0.5) is 0 Å². The van der Waals surface area contributed by atoms with E-state index >= 15 is 0 Å². The van der Waals surface area contributed by atoms with Crippen LogP contribution in [0.2, 0.25) is 0 Å². The molecule has 0 radical (unpaired) electrons. The summed E-state index contributed by atoms with van der Waals surface area (Å²) in [4.78, 5) is 36.3. The fourth-order valence-corrected chi connectivity index (χ4v) is 3.99. The fraction of sp³-hybridized carbons (Fsp3) is 0.625. The summed E-state index contributed by atoms with van der Waals surface area (Å²) in [7, 11) is 0. The molecule has 0 heterocycles. The first kappa shape index (κ1) is 22.3. The third-order valence-electron chi connectivity index (χ3n) is 6.12. The number of rotatable bonds is 2. The van der Waals surface area contributed by atoms with Crippen molar-refractivity contribution < 1.29 is 19.1 Å². The predicted molar refractivity (Wildman–Crippen MR) is 110 cm³/mol. The number of fused-ring (bicyclic) bond motifs is 14. The highest BCUT2D eigenvalue weighted by Gasteiger charge is 2.28. The molecule has 1 aromatic rings. The quantitative estimate of drug-likeness (QED) is 0.652. The van der Waals surface area contributed by atoms with Crippen LogP contribution in [-0.2, 0) is 20.7 Å². The number of ketones is 2. The summed E-state index contributed by atoms with van der Waals surface area (Å²) in [5.74, 6) is 0.810. The van der Waals surface area contributed by atoms with E-state index in [1.54, 1.807) is 0 Å². The number of hydrogen-bond donors (Lipinski definition) is 0. The lowest BCUT2D eigenvalue weighted by molar-refractivity contribution is -0.134. The average Bonchev–Trinajstić information content (AvgIpc) is 2.64. The molecule has 1 aromatic carbocycles. The third kappa shape index (κ3) is 6.29. The van der Waals surface area contributed by atoms with E-state index in [9.17, 15) is 14.4 Å². The first-order valence-electron chi connectivity index (χ1n) is 10.5. The van der Waals surface area contributed by atoms with Gasteiger partial charge in [0.25, 0.3) is 6.47 Å². The maximum absolute atomic E-state index is 12.7. The topological polar surface area (TPSA) is 60.4 Å². The first-order chi connectivity index (χ1) is 13.2. The van der Waals surface area contributed by atoms with E-state index in [-0.39, 0.29) is 17.7 Å². The molecule has 2 bridgehead atoms. The highest BCUT2D eigenvalue weighted by atomic mass is 16.5. The molecule has 0 N–H and O–H groups in total. The SMILES string of the molecule is Cc1cc2ccc1C(=O)CCC(C)(C)C(=O)CCC[C@H](C)CC[C@H](OC=O)C2. The van der Waals surface area contributed by atoms with Gasteiger partial charge in [-0.25, -0.2) is 0 Å². The van der Waals surface area contributed by atoms with Gasteiger partial charge >= 0.3 is 0 Å². The van der Waals surface area contributed by atoms with Crippen molar-refractivity contribution in [1.29, 1.82) is 0 Å². The number of Topliss-reactive ketones (excluding diaryl/α,β-unsaturated/α-hetero) is 2. The van der Waals surface area contributed by atoms with Gasteiger partial charge in [-0.15, -0.1) is 0 Å². The summed E-state index contributed by atoms with van der Waals surface area (Å²) < 4.78 is 5.31. The van der Waals surface area contributed by atoms with Gasteiger partial charge in [-0.3, -0.25) is 14.4 Å². The van der Waals surface area contributed by atoms with Crippen LogP contribution in [0, 0.1) is 18.3 Å². The monoisotopic (exact) mass is 386 g/mol. The Morgan fingerprint density at radius 3 is 2.54 bits per heavy atom. The van der Waals surface area contributed by atoms with Gasteiger partial charge in [0, 0.05) is 30.2 Å². The smallest absolute Gasteiger partial charge is 0.293 e. The summed E-state index contributed by atoms with van der Waals surface area (Å²) in [5, 5.41) is 0. The molecule has 2 atom stereocenters. The molecule has 28 heavy (non-hydrogen) atoms. The molecule has 2 aliphatic rings. The first-order valence-corrected chi connectivity index (χ1v) is 10.5. The molecule has 154 valence electrons. The Labute approximate surface area is 169 Å². The van der Waals surface area contributed by atoms with Crippen LogP contribution in [-0.4, -0.2) is 24.1 Å². The second-order valence-electron chi connectivity index (χ2n) is 9.01. The molecule has 0 spiro atoms. The molecule has 0 fully saturated rings. The van der Waals surface area contributed by atoms with Crippen molar-refractivity contribution in [2.75, 3.05) is 0 Å². The molecule has 2 aliphatic carbocycles. The van der Waals surface area contributed by atoms with Crippen LogP contribution < -0.4 is 0 Å². The molecule has 4 heteroatoms. The van der Waals surface area contributed by atoms with E-state index in [0.29, 0.717) is 38.1 Å². The van der Waals surface area contributed by atoms with E-state index in [1.165, 1.54) is 0 Å². The minimum absolute atomic E-state index is 0.0866. The van der Waals surface area contributed by atoms with Crippen molar-refractivity contribution in [3.63, 3.8) is 0 Å². The molecule has 0 amide bonds. The standard InChI is InChI=1S/C24H34O4/c1-17-6-5-7-23(27)24(3,4)13-12-22(26)21-11-9-19(14-18(21)2)15-20(10-8-17)28-16-25/h9,11,14,16-17,20H,5-8,10,12-13,15H2,1-4H3/t17-,20-/m0/s1. The number of aryl methyl sites for hydroxylation is 1. The van der Waals surface area contributed by atoms with Crippen molar-refractivity contribution in [3.8, 4) is 0 Å². The van der Waals surface area contributed by atoms with Crippen LogP contribution in [0.1, 0.15) is 87.2 Å². The van der Waals surface area contributed by atoms with E-state index in [1.807, 2.05) is 39.0 Å². The summed E-state index contributed by atoms with van der Waals surface area (Å²) in [5.41, 5.74) is 2.27. The highest BCUT2D eigenvalue weighted by Crippen LogP contribution is 2.29. The fourth-order valence-electron chi connectivity index (χ4n) is 3.99. The Morgan fingerprint density at radius 2 is 1.86 bits per heavy atom. The van der Waals surface area contributed by atoms with Gasteiger partial charge in [0.2, 0.25) is 0 Å². The van der Waals surface area contributed by atoms with Gasteiger partial charge in [0.1, 0.15) is 11.9 Å². The summed E-state index contributed by atoms with van der Waals surface area (Å²) in [6.07, 6.45) is 5.65. The minimum atomic E-state index is -0.469. The van der Waals surface area contributed by atoms with Gasteiger partial charge in [-0.2, -0.15) is 0 Å². The zero-order valence-corrected chi connectivity index (χ0v) is 17.8. The molecule has 0 unspecified atom stereocenters. The van der Waals surface area contributed by atoms with E-state index in [4.69, 9.17) is 4.74 Å². The number of carbonyl (C=O) groups is 3. The molecule has 0 saturated heterocycles. The van der Waals surface area contributed by atoms with Crippen LogP contribution in [0.5, 0.6) is 0 Å². The summed E-state index contributed by atoms with van der Waals surface area (Å²) >= 11 is 0. The second kappa shape index (κ2) is 9.99. The van der Waals surface area contributed by atoms with Crippen LogP contribution in [0.3, 0.4) is 0 Å². The van der Waals surface area contributed by atoms with Crippen molar-refractivity contribution in [2.45, 2.75) is 85.2 Å². The van der Waals surface area contributed by atoms with Crippen LogP contribution in [0.25, 0.3) is 0 Å². The second-order valence-corrected chi connectivity index (χ2v) is 9.01. The molecule has 0 aromatic heterocycles. The van der Waals surface area contributed by atoms with Gasteiger partial charge in [0.05, 0.1) is 0 Å². The van der Waals surface area contributed by atoms with Crippen molar-refractivity contribution in [1.82, 2.24) is 0 Å². The molecule has 0 aliphatic heterocycles. The molecule has 0 saturated carbocycles. The molecule has 4 nitrogen and oxygen atoms in total. The van der Waals surface area contributed by atoms with Crippen molar-refractivity contribution in [3.05, 3.63) is 34.9 Å². The van der Waals surface area contributed by atoms with Gasteiger partial charge in [-0.05, 0) is 49.7 Å². The maximum atomic E-state index is 12.7. The largest absolute Gasteiger partial charge is 0.464 e. The van der Waals surface area contributed by atoms with Crippen LogP contribution >= 0.6 is 0 Å². The Morgan fingerprint density at radius 1 is 1.11 bits per heavy atom. The van der Waals surface area contributed by atoms with Gasteiger partial charge < -0.3 is 4.74 Å².